The number of hydrogen-bond acceptors (Lipinski definition) is 2. The molecule has 104 valence electrons. The minimum atomic E-state index is -0.708. The molecular formula is C16H23NO2. The highest BCUT2D eigenvalue weighted by atomic mass is 16.4. The lowest BCUT2D eigenvalue weighted by Crippen LogP contribution is -2.39. The van der Waals surface area contributed by atoms with Gasteiger partial charge in [-0.15, -0.1) is 0 Å². The molecule has 3 nitrogen and oxygen atoms in total. The first kappa shape index (κ1) is 14.1. The fraction of sp³-hybridized carbons (Fsp3) is 0.562. The van der Waals surface area contributed by atoms with Crippen molar-refractivity contribution in [3.05, 3.63) is 35.4 Å². The summed E-state index contributed by atoms with van der Waals surface area (Å²) in [5.41, 5.74) is 2.17. The highest BCUT2D eigenvalue weighted by molar-refractivity contribution is 5.77. The second kappa shape index (κ2) is 6.20. The van der Waals surface area contributed by atoms with Crippen LogP contribution in [0.3, 0.4) is 0 Å². The van der Waals surface area contributed by atoms with Gasteiger partial charge in [0, 0.05) is 19.6 Å². The molecule has 1 aliphatic heterocycles. The number of carboxylic acid groups (broad SMARTS) is 1. The van der Waals surface area contributed by atoms with E-state index in [0.717, 1.165) is 18.7 Å². The quantitative estimate of drug-likeness (QED) is 0.885. The van der Waals surface area contributed by atoms with Crippen LogP contribution < -0.4 is 0 Å². The standard InChI is InChI=1S/C16H23NO2/c1-3-6-12(2)9-17-10-13-7-4-5-8-14(13)15(11-17)16(18)19/h4-5,7-8,12,15H,3,6,9-11H2,1-2H3,(H,18,19). The Balaban J connectivity index is 2.13. The first-order chi connectivity index (χ1) is 9.11. The van der Waals surface area contributed by atoms with Gasteiger partial charge >= 0.3 is 5.97 Å². The lowest BCUT2D eigenvalue weighted by molar-refractivity contribution is -0.139. The zero-order valence-corrected chi connectivity index (χ0v) is 11.8. The van der Waals surface area contributed by atoms with Crippen LogP contribution in [0.25, 0.3) is 0 Å². The van der Waals surface area contributed by atoms with Gasteiger partial charge in [0.05, 0.1) is 5.92 Å². The van der Waals surface area contributed by atoms with Gasteiger partial charge in [0.15, 0.2) is 0 Å². The predicted molar refractivity (Wildman–Crippen MR) is 76.2 cm³/mol. The van der Waals surface area contributed by atoms with Gasteiger partial charge in [0.1, 0.15) is 0 Å². The number of carboxylic acids is 1. The van der Waals surface area contributed by atoms with Crippen molar-refractivity contribution < 1.29 is 9.90 Å². The van der Waals surface area contributed by atoms with E-state index in [-0.39, 0.29) is 5.92 Å². The molecule has 0 radical (unpaired) electrons. The third-order valence-electron chi connectivity index (χ3n) is 3.91. The molecule has 2 atom stereocenters. The first-order valence-electron chi connectivity index (χ1n) is 7.14. The number of hydrogen-bond donors (Lipinski definition) is 1. The van der Waals surface area contributed by atoms with Gasteiger partial charge in [-0.2, -0.15) is 0 Å². The summed E-state index contributed by atoms with van der Waals surface area (Å²) in [7, 11) is 0. The average Bonchev–Trinajstić information content (AvgIpc) is 2.37. The van der Waals surface area contributed by atoms with Gasteiger partial charge < -0.3 is 5.11 Å². The Bertz CT molecular complexity index is 444. The summed E-state index contributed by atoms with van der Waals surface area (Å²) >= 11 is 0. The molecule has 0 fully saturated rings. The van der Waals surface area contributed by atoms with Crippen LogP contribution in [0.2, 0.25) is 0 Å². The van der Waals surface area contributed by atoms with Crippen LogP contribution in [0.4, 0.5) is 0 Å². The monoisotopic (exact) mass is 261 g/mol. The van der Waals surface area contributed by atoms with E-state index in [2.05, 4.69) is 24.8 Å². The SMILES string of the molecule is CCCC(C)CN1Cc2ccccc2C(C(=O)O)C1. The van der Waals surface area contributed by atoms with Crippen LogP contribution in [-0.2, 0) is 11.3 Å². The Kier molecular flexibility index (Phi) is 4.59. The molecule has 0 bridgehead atoms. The van der Waals surface area contributed by atoms with Crippen molar-refractivity contribution in [1.29, 1.82) is 0 Å². The summed E-state index contributed by atoms with van der Waals surface area (Å²) in [6, 6.07) is 7.95. The summed E-state index contributed by atoms with van der Waals surface area (Å²) in [6.45, 7) is 6.96. The van der Waals surface area contributed by atoms with E-state index in [4.69, 9.17) is 0 Å². The smallest absolute Gasteiger partial charge is 0.312 e. The summed E-state index contributed by atoms with van der Waals surface area (Å²) in [5, 5.41) is 9.41. The van der Waals surface area contributed by atoms with E-state index in [0.29, 0.717) is 12.5 Å². The van der Waals surface area contributed by atoms with Crippen LogP contribution >= 0.6 is 0 Å². The second-order valence-corrected chi connectivity index (χ2v) is 5.68. The van der Waals surface area contributed by atoms with Gasteiger partial charge in [0.25, 0.3) is 0 Å². The molecule has 1 heterocycles. The van der Waals surface area contributed by atoms with E-state index >= 15 is 0 Å². The zero-order chi connectivity index (χ0) is 13.8. The van der Waals surface area contributed by atoms with Crippen molar-refractivity contribution in [2.45, 2.75) is 39.2 Å². The van der Waals surface area contributed by atoms with Crippen LogP contribution in [-0.4, -0.2) is 29.1 Å². The normalized spacial score (nSPS) is 20.8. The lowest BCUT2D eigenvalue weighted by atomic mass is 9.89. The van der Waals surface area contributed by atoms with Crippen LogP contribution in [0, 0.1) is 5.92 Å². The van der Waals surface area contributed by atoms with Crippen molar-refractivity contribution in [3.8, 4) is 0 Å². The fourth-order valence-corrected chi connectivity index (χ4v) is 3.06. The zero-order valence-electron chi connectivity index (χ0n) is 11.8. The highest BCUT2D eigenvalue weighted by Gasteiger charge is 2.30. The molecule has 2 rings (SSSR count). The maximum Gasteiger partial charge on any atom is 0.312 e. The highest BCUT2D eigenvalue weighted by Crippen LogP contribution is 2.29. The van der Waals surface area contributed by atoms with Crippen LogP contribution in [0.15, 0.2) is 24.3 Å². The van der Waals surface area contributed by atoms with E-state index in [1.165, 1.54) is 18.4 Å². The number of aliphatic carboxylic acids is 1. The molecule has 1 aromatic carbocycles. The van der Waals surface area contributed by atoms with Crippen molar-refractivity contribution in [2.24, 2.45) is 5.92 Å². The molecule has 0 aliphatic carbocycles. The van der Waals surface area contributed by atoms with Crippen molar-refractivity contribution >= 4 is 5.97 Å². The predicted octanol–water partition coefficient (Wildman–Crippen LogP) is 3.11. The van der Waals surface area contributed by atoms with Gasteiger partial charge in [-0.3, -0.25) is 9.69 Å². The molecule has 0 spiro atoms. The van der Waals surface area contributed by atoms with Crippen LogP contribution in [0.1, 0.15) is 43.7 Å². The fourth-order valence-electron chi connectivity index (χ4n) is 3.06. The minimum absolute atomic E-state index is 0.376. The number of carbonyl (C=O) groups is 1. The van der Waals surface area contributed by atoms with E-state index in [1.54, 1.807) is 0 Å². The van der Waals surface area contributed by atoms with Gasteiger partial charge in [-0.25, -0.2) is 0 Å². The third-order valence-corrected chi connectivity index (χ3v) is 3.91. The Morgan fingerprint density at radius 3 is 2.89 bits per heavy atom. The first-order valence-corrected chi connectivity index (χ1v) is 7.14. The number of fused-ring (bicyclic) bond motifs is 1. The molecule has 0 aromatic heterocycles. The third kappa shape index (κ3) is 3.35. The summed E-state index contributed by atoms with van der Waals surface area (Å²) in [4.78, 5) is 13.7. The second-order valence-electron chi connectivity index (χ2n) is 5.68. The van der Waals surface area contributed by atoms with Crippen molar-refractivity contribution in [2.75, 3.05) is 13.1 Å². The topological polar surface area (TPSA) is 40.5 Å². The number of benzene rings is 1. The number of nitrogens with zero attached hydrogens (tertiary/aromatic N) is 1. The minimum Gasteiger partial charge on any atom is -0.481 e. The maximum absolute atomic E-state index is 11.4. The molecule has 0 amide bonds. The molecule has 1 N–H and O–H groups in total. The Labute approximate surface area is 115 Å². The lowest BCUT2D eigenvalue weighted by Gasteiger charge is -2.34. The largest absolute Gasteiger partial charge is 0.481 e. The van der Waals surface area contributed by atoms with Crippen molar-refractivity contribution in [3.63, 3.8) is 0 Å². The van der Waals surface area contributed by atoms with Gasteiger partial charge in [-0.05, 0) is 23.5 Å². The molecule has 19 heavy (non-hydrogen) atoms. The summed E-state index contributed by atoms with van der Waals surface area (Å²) in [6.07, 6.45) is 2.39. The Hall–Kier alpha value is -1.35. The molecule has 3 heteroatoms. The molecule has 1 aromatic rings. The molecule has 1 aliphatic rings. The molecule has 0 saturated heterocycles. The van der Waals surface area contributed by atoms with Gasteiger partial charge in [-0.1, -0.05) is 44.5 Å². The van der Waals surface area contributed by atoms with Crippen molar-refractivity contribution in [1.82, 2.24) is 4.90 Å². The van der Waals surface area contributed by atoms with E-state index in [9.17, 15) is 9.90 Å². The summed E-state index contributed by atoms with van der Waals surface area (Å²) in [5.74, 6) is -0.455. The average molecular weight is 261 g/mol. The molecule has 2 unspecified atom stereocenters. The number of rotatable bonds is 5. The summed E-state index contributed by atoms with van der Waals surface area (Å²) < 4.78 is 0. The Morgan fingerprint density at radius 1 is 1.47 bits per heavy atom. The maximum atomic E-state index is 11.4. The molecule has 0 saturated carbocycles. The Morgan fingerprint density at radius 2 is 2.21 bits per heavy atom. The van der Waals surface area contributed by atoms with E-state index in [1.807, 2.05) is 18.2 Å². The molecular weight excluding hydrogens is 238 g/mol. The van der Waals surface area contributed by atoms with E-state index < -0.39 is 5.97 Å². The van der Waals surface area contributed by atoms with Crippen LogP contribution in [0.5, 0.6) is 0 Å². The van der Waals surface area contributed by atoms with Gasteiger partial charge in [0.2, 0.25) is 0 Å².